The van der Waals surface area contributed by atoms with E-state index in [1.165, 1.54) is 0 Å². The normalized spacial score (nSPS) is 10.6. The molecule has 0 saturated heterocycles. The smallest absolute Gasteiger partial charge is 0.135 e. The van der Waals surface area contributed by atoms with Crippen LogP contribution in [0.15, 0.2) is 36.1 Å². The van der Waals surface area contributed by atoms with Gasteiger partial charge in [0.2, 0.25) is 0 Å². The lowest BCUT2D eigenvalue weighted by Gasteiger charge is -2.07. The Hall–Kier alpha value is -2.21. The molecule has 5 nitrogen and oxygen atoms in total. The number of rotatable bonds is 4. The Balaban J connectivity index is 1.85. The van der Waals surface area contributed by atoms with Gasteiger partial charge in [0.25, 0.3) is 0 Å². The summed E-state index contributed by atoms with van der Waals surface area (Å²) in [7, 11) is 0. The lowest BCUT2D eigenvalue weighted by Crippen LogP contribution is -2.01. The topological polar surface area (TPSA) is 62.7 Å². The average molecular weight is 271 g/mol. The van der Waals surface area contributed by atoms with Crippen molar-refractivity contribution in [2.24, 2.45) is 0 Å². The molecule has 0 bridgehead atoms. The quantitative estimate of drug-likeness (QED) is 0.762. The zero-order valence-electron chi connectivity index (χ0n) is 10.4. The standard InChI is InChI=1S/C13H13N5S/c1-2-14-12-6-13(16-7-15-12)18-9-3-4-10-11(5-9)19-8-17-10/h3-8H,2H2,1H3,(H2,14,15,16,18). The summed E-state index contributed by atoms with van der Waals surface area (Å²) in [5.41, 5.74) is 3.87. The van der Waals surface area contributed by atoms with Gasteiger partial charge in [-0.05, 0) is 25.1 Å². The van der Waals surface area contributed by atoms with Crippen molar-refractivity contribution in [1.82, 2.24) is 15.0 Å². The van der Waals surface area contributed by atoms with E-state index in [9.17, 15) is 0 Å². The van der Waals surface area contributed by atoms with Crippen LogP contribution in [0.2, 0.25) is 0 Å². The average Bonchev–Trinajstić information content (AvgIpc) is 2.87. The van der Waals surface area contributed by atoms with E-state index < -0.39 is 0 Å². The SMILES string of the molecule is CCNc1cc(Nc2ccc3ncsc3c2)ncn1. The Morgan fingerprint density at radius 2 is 2.00 bits per heavy atom. The molecule has 2 N–H and O–H groups in total. The zero-order valence-corrected chi connectivity index (χ0v) is 11.2. The van der Waals surface area contributed by atoms with Crippen LogP contribution in [0.25, 0.3) is 10.2 Å². The van der Waals surface area contributed by atoms with Gasteiger partial charge in [0.05, 0.1) is 15.7 Å². The summed E-state index contributed by atoms with van der Waals surface area (Å²) in [5.74, 6) is 1.59. The molecule has 2 heterocycles. The molecule has 19 heavy (non-hydrogen) atoms. The van der Waals surface area contributed by atoms with Crippen LogP contribution in [0.1, 0.15) is 6.92 Å². The van der Waals surface area contributed by atoms with Crippen molar-refractivity contribution in [3.8, 4) is 0 Å². The molecule has 0 unspecified atom stereocenters. The number of anilines is 3. The molecule has 3 rings (SSSR count). The fraction of sp³-hybridized carbons (Fsp3) is 0.154. The third-order valence-electron chi connectivity index (χ3n) is 2.63. The number of fused-ring (bicyclic) bond motifs is 1. The van der Waals surface area contributed by atoms with Crippen LogP contribution in [0.3, 0.4) is 0 Å². The highest BCUT2D eigenvalue weighted by atomic mass is 32.1. The number of nitrogens with zero attached hydrogens (tertiary/aromatic N) is 3. The molecule has 0 saturated carbocycles. The Morgan fingerprint density at radius 3 is 2.89 bits per heavy atom. The van der Waals surface area contributed by atoms with Gasteiger partial charge >= 0.3 is 0 Å². The number of hydrogen-bond acceptors (Lipinski definition) is 6. The van der Waals surface area contributed by atoms with E-state index in [-0.39, 0.29) is 0 Å². The molecular formula is C13H13N5S. The number of benzene rings is 1. The van der Waals surface area contributed by atoms with E-state index in [0.717, 1.165) is 34.1 Å². The summed E-state index contributed by atoms with van der Waals surface area (Å²) >= 11 is 1.63. The maximum Gasteiger partial charge on any atom is 0.135 e. The lowest BCUT2D eigenvalue weighted by atomic mass is 10.3. The van der Waals surface area contributed by atoms with Gasteiger partial charge in [0.15, 0.2) is 0 Å². The van der Waals surface area contributed by atoms with E-state index in [2.05, 4.69) is 31.7 Å². The number of nitrogens with one attached hydrogen (secondary N) is 2. The Bertz CT molecular complexity index is 694. The Labute approximate surface area is 114 Å². The molecule has 0 spiro atoms. The maximum absolute atomic E-state index is 4.26. The summed E-state index contributed by atoms with van der Waals surface area (Å²) in [4.78, 5) is 12.6. The predicted molar refractivity (Wildman–Crippen MR) is 79.1 cm³/mol. The third-order valence-corrected chi connectivity index (χ3v) is 3.42. The van der Waals surface area contributed by atoms with Crippen LogP contribution < -0.4 is 10.6 Å². The molecule has 96 valence electrons. The molecule has 0 radical (unpaired) electrons. The minimum Gasteiger partial charge on any atom is -0.370 e. The largest absolute Gasteiger partial charge is 0.370 e. The minimum atomic E-state index is 0.773. The zero-order chi connectivity index (χ0) is 13.1. The molecule has 0 amide bonds. The third kappa shape index (κ3) is 2.63. The van der Waals surface area contributed by atoms with E-state index in [0.29, 0.717) is 0 Å². The summed E-state index contributed by atoms with van der Waals surface area (Å²) in [6, 6.07) is 7.96. The lowest BCUT2D eigenvalue weighted by molar-refractivity contribution is 1.11. The van der Waals surface area contributed by atoms with Crippen molar-refractivity contribution < 1.29 is 0 Å². The molecule has 0 aliphatic rings. The molecule has 6 heteroatoms. The molecular weight excluding hydrogens is 258 g/mol. The fourth-order valence-corrected chi connectivity index (χ4v) is 2.50. The van der Waals surface area contributed by atoms with Crippen molar-refractivity contribution in [3.05, 3.63) is 36.1 Å². The van der Waals surface area contributed by atoms with Crippen LogP contribution in [0.4, 0.5) is 17.3 Å². The first-order chi connectivity index (χ1) is 9.35. The van der Waals surface area contributed by atoms with Gasteiger partial charge in [-0.3, -0.25) is 0 Å². The van der Waals surface area contributed by atoms with Crippen LogP contribution >= 0.6 is 11.3 Å². The van der Waals surface area contributed by atoms with E-state index >= 15 is 0 Å². The van der Waals surface area contributed by atoms with Gasteiger partial charge in [-0.15, -0.1) is 11.3 Å². The predicted octanol–water partition coefficient (Wildman–Crippen LogP) is 3.26. The van der Waals surface area contributed by atoms with Crippen LogP contribution in [-0.2, 0) is 0 Å². The van der Waals surface area contributed by atoms with Gasteiger partial charge in [0, 0.05) is 18.3 Å². The second-order valence-electron chi connectivity index (χ2n) is 3.98. The highest BCUT2D eigenvalue weighted by molar-refractivity contribution is 7.16. The molecule has 3 aromatic rings. The first-order valence-electron chi connectivity index (χ1n) is 6.01. The first kappa shape index (κ1) is 11.9. The van der Waals surface area contributed by atoms with Gasteiger partial charge in [-0.25, -0.2) is 15.0 Å². The summed E-state index contributed by atoms with van der Waals surface area (Å²) < 4.78 is 1.16. The molecule has 0 aliphatic heterocycles. The highest BCUT2D eigenvalue weighted by Crippen LogP contribution is 2.24. The van der Waals surface area contributed by atoms with E-state index in [1.54, 1.807) is 17.7 Å². The molecule has 1 aromatic carbocycles. The van der Waals surface area contributed by atoms with Crippen LogP contribution in [-0.4, -0.2) is 21.5 Å². The number of aromatic nitrogens is 3. The second-order valence-corrected chi connectivity index (χ2v) is 4.87. The molecule has 2 aromatic heterocycles. The van der Waals surface area contributed by atoms with Crippen LogP contribution in [0.5, 0.6) is 0 Å². The Morgan fingerprint density at radius 1 is 1.11 bits per heavy atom. The van der Waals surface area contributed by atoms with Gasteiger partial charge in [-0.1, -0.05) is 0 Å². The summed E-state index contributed by atoms with van der Waals surface area (Å²) in [5, 5.41) is 6.43. The van der Waals surface area contributed by atoms with Gasteiger partial charge in [0.1, 0.15) is 18.0 Å². The van der Waals surface area contributed by atoms with Crippen molar-refractivity contribution in [1.29, 1.82) is 0 Å². The summed E-state index contributed by atoms with van der Waals surface area (Å²) in [6.45, 7) is 2.87. The van der Waals surface area contributed by atoms with Crippen LogP contribution in [0, 0.1) is 0 Å². The van der Waals surface area contributed by atoms with Gasteiger partial charge in [-0.2, -0.15) is 0 Å². The summed E-state index contributed by atoms with van der Waals surface area (Å²) in [6.07, 6.45) is 1.55. The van der Waals surface area contributed by atoms with Crippen molar-refractivity contribution in [3.63, 3.8) is 0 Å². The Kier molecular flexibility index (Phi) is 3.24. The molecule has 0 atom stereocenters. The highest BCUT2D eigenvalue weighted by Gasteiger charge is 2.01. The van der Waals surface area contributed by atoms with Crippen molar-refractivity contribution in [2.45, 2.75) is 6.92 Å². The first-order valence-corrected chi connectivity index (χ1v) is 6.89. The van der Waals surface area contributed by atoms with Crippen molar-refractivity contribution in [2.75, 3.05) is 17.2 Å². The minimum absolute atomic E-state index is 0.773. The molecule has 0 fully saturated rings. The second kappa shape index (κ2) is 5.19. The van der Waals surface area contributed by atoms with Gasteiger partial charge < -0.3 is 10.6 Å². The fourth-order valence-electron chi connectivity index (χ4n) is 1.78. The maximum atomic E-state index is 4.26. The van der Waals surface area contributed by atoms with Crippen molar-refractivity contribution >= 4 is 38.9 Å². The monoisotopic (exact) mass is 271 g/mol. The van der Waals surface area contributed by atoms with E-state index in [4.69, 9.17) is 0 Å². The number of thiazole rings is 1. The number of hydrogen-bond donors (Lipinski definition) is 2. The van der Waals surface area contributed by atoms with E-state index in [1.807, 2.05) is 30.6 Å². The molecule has 0 aliphatic carbocycles.